The van der Waals surface area contributed by atoms with Gasteiger partial charge in [0.2, 0.25) is 0 Å². The number of aryl methyl sites for hydroxylation is 1. The number of nitrogens with one attached hydrogen (secondary N) is 2. The lowest BCUT2D eigenvalue weighted by molar-refractivity contribution is -0.154. The number of rotatable bonds is 8. The topological polar surface area (TPSA) is 94.1 Å². The van der Waals surface area contributed by atoms with Crippen molar-refractivity contribution in [3.63, 3.8) is 0 Å². The molecule has 4 rings (SSSR count). The highest BCUT2D eigenvalue weighted by atomic mass is 19.1. The van der Waals surface area contributed by atoms with Crippen LogP contribution in [0.3, 0.4) is 0 Å². The summed E-state index contributed by atoms with van der Waals surface area (Å²) in [7, 11) is 0. The largest absolute Gasteiger partial charge is 0.481 e. The molecule has 0 saturated carbocycles. The Balaban J connectivity index is 1.55. The van der Waals surface area contributed by atoms with Gasteiger partial charge in [0, 0.05) is 36.8 Å². The molecule has 0 spiro atoms. The number of pyridine rings is 1. The van der Waals surface area contributed by atoms with Crippen molar-refractivity contribution in [3.05, 3.63) is 71.1 Å². The van der Waals surface area contributed by atoms with E-state index >= 15 is 0 Å². The third-order valence-corrected chi connectivity index (χ3v) is 6.77. The van der Waals surface area contributed by atoms with E-state index in [9.17, 15) is 18.7 Å². The Labute approximate surface area is 197 Å². The van der Waals surface area contributed by atoms with E-state index in [1.165, 1.54) is 12.1 Å². The fourth-order valence-corrected chi connectivity index (χ4v) is 4.77. The molecule has 3 heterocycles. The lowest BCUT2D eigenvalue weighted by Gasteiger charge is -2.44. The van der Waals surface area contributed by atoms with Crippen LogP contribution in [0.25, 0.3) is 0 Å². The highest BCUT2D eigenvalue weighted by Crippen LogP contribution is 2.40. The summed E-state index contributed by atoms with van der Waals surface area (Å²) in [5.41, 5.74) is 0.149. The van der Waals surface area contributed by atoms with Gasteiger partial charge in [-0.15, -0.1) is 0 Å². The average Bonchev–Trinajstić information content (AvgIpc) is 3.33. The summed E-state index contributed by atoms with van der Waals surface area (Å²) < 4.78 is 29.3. The second kappa shape index (κ2) is 9.89. The normalized spacial score (nSPS) is 20.9. The molecule has 0 aliphatic carbocycles. The first-order valence-corrected chi connectivity index (χ1v) is 11.4. The first-order valence-electron chi connectivity index (χ1n) is 11.4. The number of aromatic amines is 1. The van der Waals surface area contributed by atoms with E-state index in [2.05, 4.69) is 25.4 Å². The van der Waals surface area contributed by atoms with Crippen molar-refractivity contribution in [2.45, 2.75) is 52.1 Å². The van der Waals surface area contributed by atoms with E-state index in [1.54, 1.807) is 31.3 Å². The quantitative estimate of drug-likeness (QED) is 0.438. The van der Waals surface area contributed by atoms with Crippen molar-refractivity contribution < 1.29 is 18.7 Å². The van der Waals surface area contributed by atoms with E-state index in [1.807, 2.05) is 13.0 Å². The molecular formula is C25H29F2N5O2. The van der Waals surface area contributed by atoms with Crippen LogP contribution in [-0.2, 0) is 17.8 Å². The van der Waals surface area contributed by atoms with Gasteiger partial charge in [0.1, 0.15) is 17.5 Å². The molecule has 7 nitrogen and oxygen atoms in total. The molecule has 0 bridgehead atoms. The zero-order chi connectivity index (χ0) is 24.3. The van der Waals surface area contributed by atoms with Crippen LogP contribution in [0.2, 0.25) is 0 Å². The molecule has 3 N–H and O–H groups in total. The molecule has 2 aromatic heterocycles. The summed E-state index contributed by atoms with van der Waals surface area (Å²) in [5.74, 6) is -0.797. The maximum absolute atomic E-state index is 14.7. The van der Waals surface area contributed by atoms with Crippen molar-refractivity contribution in [3.8, 4) is 0 Å². The van der Waals surface area contributed by atoms with Gasteiger partial charge in [-0.05, 0) is 50.4 Å². The predicted octanol–water partition coefficient (Wildman–Crippen LogP) is 4.82. The Morgan fingerprint density at radius 1 is 1.26 bits per heavy atom. The van der Waals surface area contributed by atoms with Crippen LogP contribution in [0.1, 0.15) is 43.0 Å². The Morgan fingerprint density at radius 2 is 2.09 bits per heavy atom. The minimum atomic E-state index is -1.15. The first kappa shape index (κ1) is 23.8. The smallest absolute Gasteiger partial charge is 0.310 e. The van der Waals surface area contributed by atoms with Crippen LogP contribution in [0.5, 0.6) is 0 Å². The third kappa shape index (κ3) is 4.94. The number of carbonyl (C=O) groups is 1. The molecule has 9 heteroatoms. The Bertz CT molecular complexity index is 1150. The van der Waals surface area contributed by atoms with Crippen molar-refractivity contribution in [1.82, 2.24) is 20.1 Å². The van der Waals surface area contributed by atoms with Crippen LogP contribution >= 0.6 is 0 Å². The fourth-order valence-electron chi connectivity index (χ4n) is 4.77. The second-order valence-electron chi connectivity index (χ2n) is 9.01. The van der Waals surface area contributed by atoms with Crippen molar-refractivity contribution in [2.24, 2.45) is 5.41 Å². The predicted molar refractivity (Wildman–Crippen MR) is 125 cm³/mol. The monoisotopic (exact) mass is 469 g/mol. The first-order chi connectivity index (χ1) is 16.3. The van der Waals surface area contributed by atoms with Crippen LogP contribution < -0.4 is 5.32 Å². The Kier molecular flexibility index (Phi) is 6.92. The lowest BCUT2D eigenvalue weighted by Crippen LogP contribution is -2.50. The van der Waals surface area contributed by atoms with E-state index in [4.69, 9.17) is 0 Å². The minimum Gasteiger partial charge on any atom is -0.481 e. The zero-order valence-electron chi connectivity index (χ0n) is 19.3. The van der Waals surface area contributed by atoms with Crippen molar-refractivity contribution in [2.75, 3.05) is 11.9 Å². The highest BCUT2D eigenvalue weighted by Gasteiger charge is 2.46. The molecule has 1 aromatic carbocycles. The van der Waals surface area contributed by atoms with E-state index < -0.39 is 17.2 Å². The summed E-state index contributed by atoms with van der Waals surface area (Å²) in [4.78, 5) is 19.0. The zero-order valence-corrected chi connectivity index (χ0v) is 19.3. The fraction of sp³-hybridized carbons (Fsp3) is 0.400. The number of aromatic nitrogens is 3. The van der Waals surface area contributed by atoms with Crippen LogP contribution in [0.15, 0.2) is 42.6 Å². The number of halogens is 2. The van der Waals surface area contributed by atoms with Crippen molar-refractivity contribution in [1.29, 1.82) is 0 Å². The van der Waals surface area contributed by atoms with Gasteiger partial charge in [0.25, 0.3) is 0 Å². The van der Waals surface area contributed by atoms with E-state index in [0.29, 0.717) is 55.1 Å². The second-order valence-corrected chi connectivity index (χ2v) is 9.01. The summed E-state index contributed by atoms with van der Waals surface area (Å²) in [6.45, 7) is 4.62. The third-order valence-electron chi connectivity index (χ3n) is 6.77. The van der Waals surface area contributed by atoms with Gasteiger partial charge < -0.3 is 10.4 Å². The number of hydrogen-bond donors (Lipinski definition) is 3. The number of benzene rings is 1. The minimum absolute atomic E-state index is 0.0204. The molecule has 34 heavy (non-hydrogen) atoms. The summed E-state index contributed by atoms with van der Waals surface area (Å²) in [6, 6.07) is 9.76. The standard InChI is InChI=1S/C25H29F2N5O2/c1-3-18-13-25(24(33)34,10-12-32(18)15-17-6-4-5-16(2)23(17)27)14-20-19(26)7-8-21(29-20)30-22-9-11-28-31-22/h4-9,11,18H,3,10,12-15H2,1-2H3,(H,33,34)(H2,28,29,30,31)/t18-,25?/m1/s1. The maximum Gasteiger partial charge on any atom is 0.310 e. The molecule has 1 aliphatic heterocycles. The van der Waals surface area contributed by atoms with Crippen LogP contribution in [-0.4, -0.2) is 43.7 Å². The summed E-state index contributed by atoms with van der Waals surface area (Å²) in [5, 5.41) is 19.9. The molecule has 0 radical (unpaired) electrons. The van der Waals surface area contributed by atoms with Crippen molar-refractivity contribution >= 4 is 17.6 Å². The highest BCUT2D eigenvalue weighted by molar-refractivity contribution is 5.75. The van der Waals surface area contributed by atoms with Gasteiger partial charge in [0.05, 0.1) is 11.1 Å². The van der Waals surface area contributed by atoms with Crippen LogP contribution in [0, 0.1) is 24.0 Å². The molecule has 1 fully saturated rings. The van der Waals surface area contributed by atoms with Gasteiger partial charge >= 0.3 is 5.97 Å². The average molecular weight is 470 g/mol. The van der Waals surface area contributed by atoms with Gasteiger partial charge in [-0.1, -0.05) is 25.1 Å². The molecular weight excluding hydrogens is 440 g/mol. The number of carboxylic acid groups (broad SMARTS) is 1. The molecule has 2 atom stereocenters. The number of anilines is 2. The number of carboxylic acids is 1. The van der Waals surface area contributed by atoms with E-state index in [0.717, 1.165) is 0 Å². The Hall–Kier alpha value is -3.33. The number of aliphatic carboxylic acids is 1. The number of nitrogens with zero attached hydrogens (tertiary/aromatic N) is 3. The van der Waals surface area contributed by atoms with E-state index in [-0.39, 0.29) is 24.0 Å². The molecule has 1 aliphatic rings. The van der Waals surface area contributed by atoms with Gasteiger partial charge in [-0.3, -0.25) is 14.8 Å². The lowest BCUT2D eigenvalue weighted by atomic mass is 9.71. The van der Waals surface area contributed by atoms with Crippen LogP contribution in [0.4, 0.5) is 20.4 Å². The number of H-pyrrole nitrogens is 1. The Morgan fingerprint density at radius 3 is 2.79 bits per heavy atom. The molecule has 180 valence electrons. The molecule has 1 saturated heterocycles. The van der Waals surface area contributed by atoms with Gasteiger partial charge in [-0.2, -0.15) is 5.10 Å². The number of piperidine rings is 1. The summed E-state index contributed by atoms with van der Waals surface area (Å²) in [6.07, 6.45) is 2.99. The molecule has 1 unspecified atom stereocenters. The summed E-state index contributed by atoms with van der Waals surface area (Å²) >= 11 is 0. The number of hydrogen-bond acceptors (Lipinski definition) is 5. The van der Waals surface area contributed by atoms with Gasteiger partial charge in [-0.25, -0.2) is 13.8 Å². The molecule has 0 amide bonds. The maximum atomic E-state index is 14.7. The van der Waals surface area contributed by atoms with Gasteiger partial charge in [0.15, 0.2) is 5.82 Å². The SMILES string of the molecule is CC[C@@H]1CC(Cc2nc(Nc3cc[nH]n3)ccc2F)(C(=O)O)CCN1Cc1cccc(C)c1F. The molecule has 3 aromatic rings. The number of likely N-dealkylation sites (tertiary alicyclic amines) is 1.